The van der Waals surface area contributed by atoms with Crippen molar-refractivity contribution in [2.45, 2.75) is 76.4 Å². The molecule has 0 spiro atoms. The van der Waals surface area contributed by atoms with Crippen molar-refractivity contribution in [2.75, 3.05) is 13.2 Å². The molecule has 0 amide bonds. The summed E-state index contributed by atoms with van der Waals surface area (Å²) in [5, 5.41) is 0. The van der Waals surface area contributed by atoms with E-state index in [1.807, 2.05) is 11.8 Å². The first-order chi connectivity index (χ1) is 17.1. The van der Waals surface area contributed by atoms with Gasteiger partial charge in [0.15, 0.2) is 0 Å². The van der Waals surface area contributed by atoms with Crippen molar-refractivity contribution in [2.24, 2.45) is 35.5 Å². The summed E-state index contributed by atoms with van der Waals surface area (Å²) < 4.78 is 179. The van der Waals surface area contributed by atoms with Gasteiger partial charge in [0.05, 0.1) is 0 Å². The fourth-order valence-electron chi connectivity index (χ4n) is 6.30. The van der Waals surface area contributed by atoms with Crippen LogP contribution in [0.15, 0.2) is 0 Å². The van der Waals surface area contributed by atoms with Gasteiger partial charge in [-0.2, -0.15) is 52.7 Å². The van der Waals surface area contributed by atoms with E-state index in [2.05, 4.69) is 21.3 Å². The van der Waals surface area contributed by atoms with E-state index < -0.39 is 97.5 Å². The molecular formula is C24H26F12O2. The van der Waals surface area contributed by atoms with Gasteiger partial charge in [-0.1, -0.05) is 25.7 Å². The molecule has 0 aromatic carbocycles. The zero-order valence-corrected chi connectivity index (χ0v) is 20.6. The summed E-state index contributed by atoms with van der Waals surface area (Å²) in [7, 11) is 0. The summed E-state index contributed by atoms with van der Waals surface area (Å²) in [6.45, 7) is 2.22. The monoisotopic (exact) mass is 574 g/mol. The summed E-state index contributed by atoms with van der Waals surface area (Å²) in [5.74, 6) is -1.62. The predicted molar refractivity (Wildman–Crippen MR) is 110 cm³/mol. The van der Waals surface area contributed by atoms with Crippen LogP contribution in [0.25, 0.3) is 0 Å². The molecule has 38 heavy (non-hydrogen) atoms. The molecule has 6 unspecified atom stereocenters. The summed E-state index contributed by atoms with van der Waals surface area (Å²) in [6, 6.07) is 0. The SMILES string of the molecule is CC#CCOC(CC1CC2C(C)C(C)C1C2C(OCC#CC)(C(F)(F)F)C(F)(F)F)(C(F)(F)F)C(F)(F)F. The minimum atomic E-state index is -6.10. The standard InChI is InChI=1S/C24H26F12O2/c1-5-7-9-37-19(21(25,26)27,22(28,29)30)12-15-11-16-13(3)14(4)17(15)18(16)20(23(31,32)33,24(34,35)36)38-10-8-6-2/h13-18H,9-12H2,1-4H3. The minimum Gasteiger partial charge on any atom is -0.345 e. The molecule has 0 saturated heterocycles. The van der Waals surface area contributed by atoms with Gasteiger partial charge in [-0.3, -0.25) is 0 Å². The highest BCUT2D eigenvalue weighted by Crippen LogP contribution is 2.69. The average Bonchev–Trinajstić information content (AvgIpc) is 3.20. The smallest absolute Gasteiger partial charge is 0.345 e. The highest BCUT2D eigenvalue weighted by molar-refractivity contribution is 5.17. The Kier molecular flexibility index (Phi) is 9.08. The summed E-state index contributed by atoms with van der Waals surface area (Å²) >= 11 is 0. The van der Waals surface area contributed by atoms with Gasteiger partial charge >= 0.3 is 24.7 Å². The van der Waals surface area contributed by atoms with Crippen LogP contribution in [0.3, 0.4) is 0 Å². The predicted octanol–water partition coefficient (Wildman–Crippen LogP) is 7.34. The second kappa shape index (κ2) is 10.6. The van der Waals surface area contributed by atoms with Crippen LogP contribution < -0.4 is 0 Å². The molecule has 0 aromatic rings. The first kappa shape index (κ1) is 32.4. The van der Waals surface area contributed by atoms with E-state index in [4.69, 9.17) is 0 Å². The van der Waals surface area contributed by atoms with E-state index in [-0.39, 0.29) is 0 Å². The molecule has 2 fully saturated rings. The Morgan fingerprint density at radius 1 is 0.658 bits per heavy atom. The molecule has 2 bridgehead atoms. The number of alkyl halides is 12. The lowest BCUT2D eigenvalue weighted by atomic mass is 9.70. The van der Waals surface area contributed by atoms with E-state index in [0.29, 0.717) is 0 Å². The van der Waals surface area contributed by atoms with Gasteiger partial charge < -0.3 is 9.47 Å². The number of hydrogen-bond donors (Lipinski definition) is 0. The molecule has 2 nitrogen and oxygen atoms in total. The summed E-state index contributed by atoms with van der Waals surface area (Å²) in [4.78, 5) is 0. The van der Waals surface area contributed by atoms with Gasteiger partial charge in [-0.25, -0.2) is 0 Å². The maximum absolute atomic E-state index is 14.3. The molecule has 218 valence electrons. The van der Waals surface area contributed by atoms with E-state index in [1.165, 1.54) is 13.8 Å². The summed E-state index contributed by atoms with van der Waals surface area (Å²) in [6.07, 6.45) is -27.0. The number of hydrogen-bond acceptors (Lipinski definition) is 2. The van der Waals surface area contributed by atoms with E-state index in [0.717, 1.165) is 13.8 Å². The second-order valence-corrected chi connectivity index (χ2v) is 9.67. The maximum atomic E-state index is 14.3. The minimum absolute atomic E-state index is 0.742. The van der Waals surface area contributed by atoms with Gasteiger partial charge in [0, 0.05) is 5.92 Å². The molecule has 0 radical (unpaired) electrons. The van der Waals surface area contributed by atoms with E-state index in [9.17, 15) is 52.7 Å². The molecule has 0 aromatic heterocycles. The highest BCUT2D eigenvalue weighted by Gasteiger charge is 2.82. The van der Waals surface area contributed by atoms with Crippen molar-refractivity contribution >= 4 is 0 Å². The maximum Gasteiger partial charge on any atom is 0.426 e. The van der Waals surface area contributed by atoms with E-state index >= 15 is 0 Å². The van der Waals surface area contributed by atoms with Crippen LogP contribution in [-0.4, -0.2) is 49.1 Å². The van der Waals surface area contributed by atoms with Crippen LogP contribution in [-0.2, 0) is 9.47 Å². The zero-order chi connectivity index (χ0) is 29.5. The first-order valence-corrected chi connectivity index (χ1v) is 11.5. The van der Waals surface area contributed by atoms with Crippen molar-refractivity contribution in [1.82, 2.24) is 0 Å². The van der Waals surface area contributed by atoms with Crippen LogP contribution in [0, 0.1) is 59.2 Å². The van der Waals surface area contributed by atoms with Gasteiger partial charge in [-0.05, 0) is 56.3 Å². The Morgan fingerprint density at radius 3 is 1.50 bits per heavy atom. The first-order valence-electron chi connectivity index (χ1n) is 11.5. The van der Waals surface area contributed by atoms with Crippen LogP contribution in [0.5, 0.6) is 0 Å². The van der Waals surface area contributed by atoms with Crippen molar-refractivity contribution in [3.05, 3.63) is 0 Å². The van der Waals surface area contributed by atoms with Crippen LogP contribution in [0.4, 0.5) is 52.7 Å². The number of ether oxygens (including phenoxy) is 2. The fraction of sp³-hybridized carbons (Fsp3) is 0.833. The molecule has 14 heteroatoms. The van der Waals surface area contributed by atoms with Crippen molar-refractivity contribution in [1.29, 1.82) is 0 Å². The van der Waals surface area contributed by atoms with Crippen LogP contribution in [0.1, 0.15) is 40.5 Å². The molecule has 2 saturated carbocycles. The third kappa shape index (κ3) is 5.19. The number of rotatable bonds is 7. The molecule has 2 rings (SSSR count). The molecule has 2 aliphatic carbocycles. The largest absolute Gasteiger partial charge is 0.426 e. The molecule has 0 aliphatic heterocycles. The van der Waals surface area contributed by atoms with Crippen LogP contribution >= 0.6 is 0 Å². The Bertz CT molecular complexity index is 926. The summed E-state index contributed by atoms with van der Waals surface area (Å²) in [5.41, 5.74) is -9.69. The lowest BCUT2D eigenvalue weighted by Gasteiger charge is -2.44. The zero-order valence-electron chi connectivity index (χ0n) is 20.6. The van der Waals surface area contributed by atoms with Crippen molar-refractivity contribution in [3.63, 3.8) is 0 Å². The lowest BCUT2D eigenvalue weighted by Crippen LogP contribution is -2.65. The number of halogens is 12. The van der Waals surface area contributed by atoms with E-state index in [1.54, 1.807) is 0 Å². The van der Waals surface area contributed by atoms with Gasteiger partial charge in [0.1, 0.15) is 13.2 Å². The quantitative estimate of drug-likeness (QED) is 0.234. The fourth-order valence-corrected chi connectivity index (χ4v) is 6.30. The number of fused-ring (bicyclic) bond motifs is 2. The van der Waals surface area contributed by atoms with Gasteiger partial charge in [0.2, 0.25) is 0 Å². The van der Waals surface area contributed by atoms with Gasteiger partial charge in [0.25, 0.3) is 11.2 Å². The Labute approximate surface area is 211 Å². The molecule has 0 N–H and O–H groups in total. The molecule has 2 aliphatic rings. The highest BCUT2D eigenvalue weighted by atomic mass is 19.4. The van der Waals surface area contributed by atoms with Crippen LogP contribution in [0.2, 0.25) is 0 Å². The van der Waals surface area contributed by atoms with Crippen molar-refractivity contribution < 1.29 is 62.2 Å². The topological polar surface area (TPSA) is 18.5 Å². The van der Waals surface area contributed by atoms with Gasteiger partial charge in [-0.15, -0.1) is 11.8 Å². The van der Waals surface area contributed by atoms with Crippen molar-refractivity contribution in [3.8, 4) is 23.7 Å². The molecule has 6 atom stereocenters. The Hall–Kier alpha value is -1.80. The third-order valence-corrected chi connectivity index (χ3v) is 8.00. The molecule has 0 heterocycles. The Morgan fingerprint density at radius 2 is 1.11 bits per heavy atom. The third-order valence-electron chi connectivity index (χ3n) is 8.00. The normalized spacial score (nSPS) is 28.5. The lowest BCUT2D eigenvalue weighted by molar-refractivity contribution is -0.401. The average molecular weight is 574 g/mol. The Balaban J connectivity index is 2.71. The second-order valence-electron chi connectivity index (χ2n) is 9.67. The molecular weight excluding hydrogens is 548 g/mol.